The first-order chi connectivity index (χ1) is 8.72. The summed E-state index contributed by atoms with van der Waals surface area (Å²) in [6.07, 6.45) is 2.00. The van der Waals surface area contributed by atoms with Crippen molar-refractivity contribution >= 4 is 33.5 Å². The summed E-state index contributed by atoms with van der Waals surface area (Å²) in [6.45, 7) is 0.768. The molecule has 1 aromatic heterocycles. The van der Waals surface area contributed by atoms with Crippen LogP contribution in [-0.4, -0.2) is 4.57 Å². The van der Waals surface area contributed by atoms with Gasteiger partial charge in [-0.1, -0.05) is 12.1 Å². The number of hydrogen-bond acceptors (Lipinski definition) is 0. The van der Waals surface area contributed by atoms with Crippen molar-refractivity contribution in [2.75, 3.05) is 0 Å². The average Bonchev–Trinajstić information content (AvgIpc) is 2.75. The number of aromatic nitrogens is 1. The Hall–Kier alpha value is -1.36. The minimum Gasteiger partial charge on any atom is -0.343 e. The average molecular weight is 351 g/mol. The Balaban J connectivity index is 1.99. The molecule has 0 spiro atoms. The molecule has 0 amide bonds. The molecule has 0 fully saturated rings. The van der Waals surface area contributed by atoms with Crippen molar-refractivity contribution in [3.63, 3.8) is 0 Å². The maximum Gasteiger partial charge on any atom is 0.125 e. The molecular formula is C15H11FIN. The first kappa shape index (κ1) is 11.7. The maximum absolute atomic E-state index is 13.3. The van der Waals surface area contributed by atoms with Gasteiger partial charge in [0.05, 0.1) is 5.52 Å². The van der Waals surface area contributed by atoms with E-state index in [0.29, 0.717) is 0 Å². The Labute approximate surface area is 118 Å². The smallest absolute Gasteiger partial charge is 0.125 e. The third-order valence-electron chi connectivity index (χ3n) is 3.00. The summed E-state index contributed by atoms with van der Waals surface area (Å²) in [4.78, 5) is 0. The summed E-state index contributed by atoms with van der Waals surface area (Å²) >= 11 is 2.29. The van der Waals surface area contributed by atoms with Crippen LogP contribution in [0.1, 0.15) is 5.56 Å². The number of fused-ring (bicyclic) bond motifs is 1. The first-order valence-corrected chi connectivity index (χ1v) is 6.79. The Morgan fingerprint density at radius 1 is 1.00 bits per heavy atom. The fourth-order valence-electron chi connectivity index (χ4n) is 2.08. The predicted octanol–water partition coefficient (Wildman–Crippen LogP) is 4.43. The van der Waals surface area contributed by atoms with Crippen LogP contribution in [0.4, 0.5) is 4.39 Å². The van der Waals surface area contributed by atoms with Crippen LogP contribution in [0.3, 0.4) is 0 Å². The molecule has 0 saturated carbocycles. The van der Waals surface area contributed by atoms with Gasteiger partial charge in [-0.3, -0.25) is 0 Å². The molecule has 3 aromatic rings. The minimum atomic E-state index is -0.190. The van der Waals surface area contributed by atoms with E-state index in [1.54, 1.807) is 6.07 Å². The topological polar surface area (TPSA) is 4.93 Å². The van der Waals surface area contributed by atoms with Gasteiger partial charge in [0.2, 0.25) is 0 Å². The molecule has 0 saturated heterocycles. The van der Waals surface area contributed by atoms with Crippen molar-refractivity contribution in [1.82, 2.24) is 4.57 Å². The quantitative estimate of drug-likeness (QED) is 0.602. The zero-order valence-corrected chi connectivity index (χ0v) is 11.8. The van der Waals surface area contributed by atoms with Crippen molar-refractivity contribution in [3.05, 3.63) is 69.7 Å². The van der Waals surface area contributed by atoms with E-state index in [1.165, 1.54) is 15.2 Å². The van der Waals surface area contributed by atoms with Crippen LogP contribution in [-0.2, 0) is 6.54 Å². The Morgan fingerprint density at radius 3 is 2.56 bits per heavy atom. The van der Waals surface area contributed by atoms with Gasteiger partial charge in [0, 0.05) is 16.3 Å². The molecule has 1 heterocycles. The molecular weight excluding hydrogens is 340 g/mol. The van der Waals surface area contributed by atoms with Crippen molar-refractivity contribution in [1.29, 1.82) is 0 Å². The van der Waals surface area contributed by atoms with Crippen LogP contribution in [0.15, 0.2) is 54.7 Å². The summed E-state index contributed by atoms with van der Waals surface area (Å²) < 4.78 is 16.6. The van der Waals surface area contributed by atoms with Crippen LogP contribution in [0.2, 0.25) is 0 Å². The molecule has 0 aliphatic rings. The molecule has 0 N–H and O–H groups in total. The highest BCUT2D eigenvalue weighted by Crippen LogP contribution is 2.18. The third kappa shape index (κ3) is 2.27. The Bertz CT molecular complexity index is 685. The van der Waals surface area contributed by atoms with Gasteiger partial charge >= 0.3 is 0 Å². The van der Waals surface area contributed by atoms with E-state index >= 15 is 0 Å². The van der Waals surface area contributed by atoms with Crippen molar-refractivity contribution < 1.29 is 4.39 Å². The van der Waals surface area contributed by atoms with E-state index in [1.807, 2.05) is 18.3 Å². The van der Waals surface area contributed by atoms with E-state index in [2.05, 4.69) is 51.4 Å². The van der Waals surface area contributed by atoms with E-state index in [0.717, 1.165) is 17.4 Å². The van der Waals surface area contributed by atoms with Gasteiger partial charge in [-0.25, -0.2) is 4.39 Å². The lowest BCUT2D eigenvalue weighted by Gasteiger charge is -2.06. The van der Waals surface area contributed by atoms with Crippen molar-refractivity contribution in [2.45, 2.75) is 6.54 Å². The molecule has 0 radical (unpaired) electrons. The lowest BCUT2D eigenvalue weighted by atomic mass is 10.2. The molecule has 0 aliphatic heterocycles. The van der Waals surface area contributed by atoms with Crippen molar-refractivity contribution in [3.8, 4) is 0 Å². The van der Waals surface area contributed by atoms with E-state index in [9.17, 15) is 4.39 Å². The van der Waals surface area contributed by atoms with Crippen LogP contribution in [0, 0.1) is 9.39 Å². The number of halogens is 2. The molecule has 0 aliphatic carbocycles. The standard InChI is InChI=1S/C15H11FIN/c16-13-4-3-12-7-8-18(15(12)9-13)10-11-1-5-14(17)6-2-11/h1-9H,10H2. The van der Waals surface area contributed by atoms with Crippen LogP contribution in [0.25, 0.3) is 10.9 Å². The van der Waals surface area contributed by atoms with E-state index in [4.69, 9.17) is 0 Å². The Kier molecular flexibility index (Phi) is 3.07. The SMILES string of the molecule is Fc1ccc2ccn(Cc3ccc(I)cc3)c2c1. The van der Waals surface area contributed by atoms with Crippen LogP contribution < -0.4 is 0 Å². The van der Waals surface area contributed by atoms with Crippen LogP contribution in [0.5, 0.6) is 0 Å². The largest absolute Gasteiger partial charge is 0.343 e. The molecule has 0 bridgehead atoms. The first-order valence-electron chi connectivity index (χ1n) is 5.71. The molecule has 0 atom stereocenters. The maximum atomic E-state index is 13.3. The summed E-state index contributed by atoms with van der Waals surface area (Å²) in [5, 5.41) is 1.07. The summed E-state index contributed by atoms with van der Waals surface area (Å²) in [7, 11) is 0. The monoisotopic (exact) mass is 351 g/mol. The lowest BCUT2D eigenvalue weighted by molar-refractivity contribution is 0.628. The van der Waals surface area contributed by atoms with Gasteiger partial charge in [0.25, 0.3) is 0 Å². The fourth-order valence-corrected chi connectivity index (χ4v) is 2.44. The third-order valence-corrected chi connectivity index (χ3v) is 3.72. The molecule has 2 aromatic carbocycles. The number of hydrogen-bond donors (Lipinski definition) is 0. The second-order valence-electron chi connectivity index (χ2n) is 4.27. The number of nitrogens with zero attached hydrogens (tertiary/aromatic N) is 1. The highest BCUT2D eigenvalue weighted by molar-refractivity contribution is 14.1. The van der Waals surface area contributed by atoms with Crippen LogP contribution >= 0.6 is 22.6 Å². The minimum absolute atomic E-state index is 0.190. The molecule has 1 nitrogen and oxygen atoms in total. The molecule has 18 heavy (non-hydrogen) atoms. The molecule has 90 valence electrons. The fraction of sp³-hybridized carbons (Fsp3) is 0.0667. The zero-order valence-electron chi connectivity index (χ0n) is 9.61. The van der Waals surface area contributed by atoms with Crippen molar-refractivity contribution in [2.24, 2.45) is 0 Å². The van der Waals surface area contributed by atoms with Gasteiger partial charge in [-0.2, -0.15) is 0 Å². The summed E-state index contributed by atoms with van der Waals surface area (Å²) in [5.74, 6) is -0.190. The zero-order chi connectivity index (χ0) is 12.5. The predicted molar refractivity (Wildman–Crippen MR) is 80.2 cm³/mol. The second-order valence-corrected chi connectivity index (χ2v) is 5.52. The highest BCUT2D eigenvalue weighted by atomic mass is 127. The van der Waals surface area contributed by atoms with E-state index < -0.39 is 0 Å². The normalized spacial score (nSPS) is 11.0. The van der Waals surface area contributed by atoms with Gasteiger partial charge < -0.3 is 4.57 Å². The summed E-state index contributed by atoms with van der Waals surface area (Å²) in [5.41, 5.74) is 2.16. The Morgan fingerprint density at radius 2 is 1.78 bits per heavy atom. The molecule has 3 heteroatoms. The second kappa shape index (κ2) is 4.72. The van der Waals surface area contributed by atoms with Gasteiger partial charge in [0.15, 0.2) is 0 Å². The van der Waals surface area contributed by atoms with Gasteiger partial charge in [-0.05, 0) is 69.9 Å². The molecule has 0 unspecified atom stereocenters. The number of rotatable bonds is 2. The number of benzene rings is 2. The van der Waals surface area contributed by atoms with Gasteiger partial charge in [-0.15, -0.1) is 0 Å². The highest BCUT2D eigenvalue weighted by Gasteiger charge is 2.03. The summed E-state index contributed by atoms with van der Waals surface area (Å²) in [6, 6.07) is 15.3. The lowest BCUT2D eigenvalue weighted by Crippen LogP contribution is -1.97. The molecule has 3 rings (SSSR count). The van der Waals surface area contributed by atoms with E-state index in [-0.39, 0.29) is 5.82 Å². The van der Waals surface area contributed by atoms with Gasteiger partial charge in [0.1, 0.15) is 5.82 Å².